The van der Waals surface area contributed by atoms with Crippen LogP contribution in [0.5, 0.6) is 5.75 Å². The maximum Gasteiger partial charge on any atom is 0.326 e. The number of thioether (sulfide) groups is 1. The largest absolute Gasteiger partial charge is 0.497 e. The molecule has 0 aliphatic rings. The number of rotatable bonds is 15. The topological polar surface area (TPSA) is 146 Å². The molecule has 0 unspecified atom stereocenters. The highest BCUT2D eigenvalue weighted by atomic mass is 32.2. The van der Waals surface area contributed by atoms with E-state index in [9.17, 15) is 24.3 Å². The molecule has 39 heavy (non-hydrogen) atoms. The molecule has 2 aromatic rings. The minimum Gasteiger partial charge on any atom is -0.497 e. The molecule has 0 aliphatic carbocycles. The number of carbonyl (C=O) groups is 4. The number of amides is 4. The molecule has 0 aromatic heterocycles. The van der Waals surface area contributed by atoms with E-state index in [1.165, 1.54) is 11.8 Å². The smallest absolute Gasteiger partial charge is 0.326 e. The number of urea groups is 1. The Labute approximate surface area is 233 Å². The third-order valence-electron chi connectivity index (χ3n) is 5.82. The van der Waals surface area contributed by atoms with Crippen molar-refractivity contribution in [2.24, 2.45) is 5.92 Å². The highest BCUT2D eigenvalue weighted by molar-refractivity contribution is 7.98. The number of carbonyl (C=O) groups excluding carboxylic acids is 3. The molecule has 0 fully saturated rings. The van der Waals surface area contributed by atoms with Gasteiger partial charge in [0.25, 0.3) is 0 Å². The maximum atomic E-state index is 13.3. The second-order valence-electron chi connectivity index (χ2n) is 9.44. The van der Waals surface area contributed by atoms with Gasteiger partial charge < -0.3 is 31.1 Å². The number of nitrogens with one attached hydrogen (secondary N) is 4. The average molecular weight is 559 g/mol. The molecule has 0 radical (unpaired) electrons. The quantitative estimate of drug-likeness (QED) is 0.225. The lowest BCUT2D eigenvalue weighted by Crippen LogP contribution is -2.56. The lowest BCUT2D eigenvalue weighted by Gasteiger charge is -2.25. The first-order valence-corrected chi connectivity index (χ1v) is 14.1. The molecule has 5 N–H and O–H groups in total. The van der Waals surface area contributed by atoms with Crippen molar-refractivity contribution in [3.8, 4) is 5.75 Å². The van der Waals surface area contributed by atoms with E-state index in [4.69, 9.17) is 4.74 Å². The zero-order valence-electron chi connectivity index (χ0n) is 22.7. The van der Waals surface area contributed by atoms with Gasteiger partial charge in [-0.1, -0.05) is 44.2 Å². The Morgan fingerprint density at radius 1 is 0.872 bits per heavy atom. The molecule has 0 bridgehead atoms. The molecule has 0 saturated carbocycles. The summed E-state index contributed by atoms with van der Waals surface area (Å²) in [5, 5.41) is 20.4. The van der Waals surface area contributed by atoms with E-state index in [0.29, 0.717) is 30.0 Å². The summed E-state index contributed by atoms with van der Waals surface area (Å²) in [6.07, 6.45) is 2.63. The number of methoxy groups -OCH3 is 1. The van der Waals surface area contributed by atoms with Crippen LogP contribution in [0, 0.1) is 5.92 Å². The molecular weight excluding hydrogens is 520 g/mol. The number of carboxylic acids is 1. The lowest BCUT2D eigenvalue weighted by atomic mass is 10.0. The number of ether oxygens (including phenoxy) is 1. The molecule has 4 amide bonds. The Morgan fingerprint density at radius 2 is 1.49 bits per heavy atom. The van der Waals surface area contributed by atoms with Gasteiger partial charge in [-0.15, -0.1) is 0 Å². The molecule has 0 saturated heterocycles. The van der Waals surface area contributed by atoms with Crippen LogP contribution in [0.4, 0.5) is 10.5 Å². The standard InChI is InChI=1S/C28H38N4O6S/c1-18(2)16-23(26(34)31-24(27(35)36)17-19-8-6-5-7-9-19)30-25(33)22(14-15-39-4)32-28(37)29-20-10-12-21(38-3)13-11-20/h5-13,18,22-24H,14-17H2,1-4H3,(H,30,33)(H,31,34)(H,35,36)(H2,29,32,37)/t22-,23-,24-/m0/s1. The predicted molar refractivity (Wildman–Crippen MR) is 153 cm³/mol. The first kappa shape index (κ1) is 31.5. The van der Waals surface area contributed by atoms with Gasteiger partial charge in [0, 0.05) is 12.1 Å². The van der Waals surface area contributed by atoms with Crippen molar-refractivity contribution < 1.29 is 29.0 Å². The number of hydrogen-bond donors (Lipinski definition) is 5. The second-order valence-corrected chi connectivity index (χ2v) is 10.4. The molecule has 10 nitrogen and oxygen atoms in total. The van der Waals surface area contributed by atoms with Gasteiger partial charge in [-0.25, -0.2) is 9.59 Å². The number of hydrogen-bond acceptors (Lipinski definition) is 6. The first-order chi connectivity index (χ1) is 18.6. The minimum absolute atomic E-state index is 0.0365. The monoisotopic (exact) mass is 558 g/mol. The van der Waals surface area contributed by atoms with E-state index in [0.717, 1.165) is 5.56 Å². The van der Waals surface area contributed by atoms with Crippen LogP contribution in [0.3, 0.4) is 0 Å². The number of aliphatic carboxylic acids is 1. The van der Waals surface area contributed by atoms with Gasteiger partial charge in [0.2, 0.25) is 11.8 Å². The summed E-state index contributed by atoms with van der Waals surface area (Å²) in [5.74, 6) is -1.01. The minimum atomic E-state index is -1.17. The third kappa shape index (κ3) is 11.3. The van der Waals surface area contributed by atoms with Crippen molar-refractivity contribution in [3.05, 3.63) is 60.2 Å². The normalized spacial score (nSPS) is 13.1. The van der Waals surface area contributed by atoms with Crippen LogP contribution in [0.2, 0.25) is 0 Å². The van der Waals surface area contributed by atoms with E-state index in [2.05, 4.69) is 21.3 Å². The van der Waals surface area contributed by atoms with Crippen molar-refractivity contribution in [2.75, 3.05) is 24.4 Å². The molecular formula is C28H38N4O6S. The molecule has 11 heteroatoms. The number of anilines is 1. The summed E-state index contributed by atoms with van der Waals surface area (Å²) < 4.78 is 5.12. The van der Waals surface area contributed by atoms with Crippen molar-refractivity contribution in [1.29, 1.82) is 0 Å². The van der Waals surface area contributed by atoms with Crippen LogP contribution in [-0.2, 0) is 20.8 Å². The zero-order valence-corrected chi connectivity index (χ0v) is 23.5. The Hall–Kier alpha value is -3.73. The summed E-state index contributed by atoms with van der Waals surface area (Å²) in [6, 6.07) is 12.1. The summed E-state index contributed by atoms with van der Waals surface area (Å²) in [4.78, 5) is 50.9. The van der Waals surface area contributed by atoms with Gasteiger partial charge in [-0.2, -0.15) is 11.8 Å². The van der Waals surface area contributed by atoms with Crippen molar-refractivity contribution in [3.63, 3.8) is 0 Å². The Morgan fingerprint density at radius 3 is 2.05 bits per heavy atom. The molecule has 0 spiro atoms. The van der Waals surface area contributed by atoms with Crippen LogP contribution < -0.4 is 26.0 Å². The van der Waals surface area contributed by atoms with Gasteiger partial charge in [0.05, 0.1) is 7.11 Å². The van der Waals surface area contributed by atoms with Gasteiger partial charge in [-0.3, -0.25) is 9.59 Å². The van der Waals surface area contributed by atoms with Gasteiger partial charge >= 0.3 is 12.0 Å². The van der Waals surface area contributed by atoms with Crippen LogP contribution in [0.25, 0.3) is 0 Å². The SMILES string of the molecule is COc1ccc(NC(=O)N[C@@H](CCSC)C(=O)N[C@@H](CC(C)C)C(=O)N[C@@H](Cc2ccccc2)C(=O)O)cc1. The van der Waals surface area contributed by atoms with Crippen molar-refractivity contribution >= 4 is 41.3 Å². The third-order valence-corrected chi connectivity index (χ3v) is 6.46. The van der Waals surface area contributed by atoms with Crippen LogP contribution in [0.1, 0.15) is 32.3 Å². The molecule has 2 rings (SSSR count). The fourth-order valence-electron chi connectivity index (χ4n) is 3.80. The summed E-state index contributed by atoms with van der Waals surface area (Å²) in [6.45, 7) is 3.80. The Kier molecular flexibility index (Phi) is 13.1. The van der Waals surface area contributed by atoms with Crippen LogP contribution in [-0.4, -0.2) is 66.2 Å². The predicted octanol–water partition coefficient (Wildman–Crippen LogP) is 3.28. The van der Waals surface area contributed by atoms with E-state index in [1.807, 2.05) is 26.2 Å². The van der Waals surface area contributed by atoms with Crippen molar-refractivity contribution in [2.45, 2.75) is 51.2 Å². The summed E-state index contributed by atoms with van der Waals surface area (Å²) in [7, 11) is 1.54. The maximum absolute atomic E-state index is 13.3. The molecule has 3 atom stereocenters. The van der Waals surface area contributed by atoms with Crippen molar-refractivity contribution in [1.82, 2.24) is 16.0 Å². The zero-order chi connectivity index (χ0) is 28.8. The van der Waals surface area contributed by atoms with E-state index in [1.54, 1.807) is 55.6 Å². The summed E-state index contributed by atoms with van der Waals surface area (Å²) >= 11 is 1.52. The highest BCUT2D eigenvalue weighted by Gasteiger charge is 2.30. The fourth-order valence-corrected chi connectivity index (χ4v) is 4.27. The highest BCUT2D eigenvalue weighted by Crippen LogP contribution is 2.15. The van der Waals surface area contributed by atoms with E-state index in [-0.39, 0.29) is 12.3 Å². The van der Waals surface area contributed by atoms with E-state index < -0.39 is 41.9 Å². The number of carboxylic acid groups (broad SMARTS) is 1. The second kappa shape index (κ2) is 16.3. The lowest BCUT2D eigenvalue weighted by molar-refractivity contribution is -0.142. The molecule has 0 aliphatic heterocycles. The number of benzene rings is 2. The fraction of sp³-hybridized carbons (Fsp3) is 0.429. The Bertz CT molecular complexity index is 1080. The first-order valence-electron chi connectivity index (χ1n) is 12.7. The van der Waals surface area contributed by atoms with Crippen LogP contribution >= 0.6 is 11.8 Å². The van der Waals surface area contributed by atoms with Gasteiger partial charge in [0.1, 0.15) is 23.9 Å². The Balaban J connectivity index is 2.10. The van der Waals surface area contributed by atoms with Gasteiger partial charge in [0.15, 0.2) is 0 Å². The molecule has 212 valence electrons. The average Bonchev–Trinajstić information content (AvgIpc) is 2.90. The molecule has 2 aromatic carbocycles. The molecule has 0 heterocycles. The van der Waals surface area contributed by atoms with Gasteiger partial charge in [-0.05, 0) is 60.6 Å². The van der Waals surface area contributed by atoms with E-state index >= 15 is 0 Å². The summed E-state index contributed by atoms with van der Waals surface area (Å²) in [5.41, 5.74) is 1.28. The van der Waals surface area contributed by atoms with Crippen LogP contribution in [0.15, 0.2) is 54.6 Å².